The average Bonchev–Trinajstić information content (AvgIpc) is 3.11. The summed E-state index contributed by atoms with van der Waals surface area (Å²) in [5, 5.41) is 0. The first kappa shape index (κ1) is 21.5. The minimum atomic E-state index is -4.36. The van der Waals surface area contributed by atoms with E-state index in [1.165, 1.54) is 22.6 Å². The van der Waals surface area contributed by atoms with Crippen LogP contribution in [0.3, 0.4) is 0 Å². The second-order valence-electron chi connectivity index (χ2n) is 7.58. The van der Waals surface area contributed by atoms with E-state index in [1.807, 2.05) is 13.0 Å². The van der Waals surface area contributed by atoms with Gasteiger partial charge in [0.05, 0.1) is 16.6 Å². The third kappa shape index (κ3) is 4.79. The third-order valence-electron chi connectivity index (χ3n) is 5.12. The SMILES string of the molecule is CCCSc1ccc2nc(-c3ccc(C(F)(F)F)cc3)n(Cc3ccc(C)cc3)c2c1. The van der Waals surface area contributed by atoms with Crippen molar-refractivity contribution in [2.24, 2.45) is 0 Å². The molecule has 0 N–H and O–H groups in total. The van der Waals surface area contributed by atoms with Gasteiger partial charge in [0.15, 0.2) is 0 Å². The third-order valence-corrected chi connectivity index (χ3v) is 6.32. The van der Waals surface area contributed by atoms with E-state index < -0.39 is 11.7 Å². The van der Waals surface area contributed by atoms with E-state index in [1.54, 1.807) is 11.8 Å². The quantitative estimate of drug-likeness (QED) is 0.288. The van der Waals surface area contributed by atoms with E-state index in [4.69, 9.17) is 4.98 Å². The van der Waals surface area contributed by atoms with Crippen molar-refractivity contribution in [3.63, 3.8) is 0 Å². The van der Waals surface area contributed by atoms with Crippen LogP contribution in [0.5, 0.6) is 0 Å². The van der Waals surface area contributed by atoms with Crippen molar-refractivity contribution in [2.45, 2.75) is 37.9 Å². The lowest BCUT2D eigenvalue weighted by Gasteiger charge is -2.12. The molecule has 0 unspecified atom stereocenters. The molecule has 4 aromatic rings. The number of fused-ring (bicyclic) bond motifs is 1. The predicted molar refractivity (Wildman–Crippen MR) is 121 cm³/mol. The van der Waals surface area contributed by atoms with Crippen LogP contribution in [-0.4, -0.2) is 15.3 Å². The number of aromatic nitrogens is 2. The molecular weight excluding hydrogens is 417 g/mol. The molecule has 3 aromatic carbocycles. The maximum absolute atomic E-state index is 13.0. The highest BCUT2D eigenvalue weighted by Crippen LogP contribution is 2.33. The van der Waals surface area contributed by atoms with Gasteiger partial charge >= 0.3 is 6.18 Å². The summed E-state index contributed by atoms with van der Waals surface area (Å²) in [6.07, 6.45) is -3.27. The average molecular weight is 441 g/mol. The molecule has 1 aromatic heterocycles. The summed E-state index contributed by atoms with van der Waals surface area (Å²) >= 11 is 1.80. The van der Waals surface area contributed by atoms with Gasteiger partial charge in [-0.05, 0) is 55.0 Å². The van der Waals surface area contributed by atoms with E-state index in [0.717, 1.165) is 40.9 Å². The highest BCUT2D eigenvalue weighted by molar-refractivity contribution is 7.99. The second kappa shape index (κ2) is 8.79. The van der Waals surface area contributed by atoms with Crippen LogP contribution in [-0.2, 0) is 12.7 Å². The summed E-state index contributed by atoms with van der Waals surface area (Å²) in [5.74, 6) is 1.70. The number of benzene rings is 3. The molecule has 2 nitrogen and oxygen atoms in total. The second-order valence-corrected chi connectivity index (χ2v) is 8.75. The number of rotatable bonds is 6. The van der Waals surface area contributed by atoms with Gasteiger partial charge in [0.25, 0.3) is 0 Å². The molecule has 31 heavy (non-hydrogen) atoms. The van der Waals surface area contributed by atoms with Gasteiger partial charge in [0, 0.05) is 17.0 Å². The van der Waals surface area contributed by atoms with E-state index >= 15 is 0 Å². The Hall–Kier alpha value is -2.73. The Morgan fingerprint density at radius 3 is 2.29 bits per heavy atom. The van der Waals surface area contributed by atoms with E-state index in [0.29, 0.717) is 17.9 Å². The first-order valence-corrected chi connectivity index (χ1v) is 11.2. The lowest BCUT2D eigenvalue weighted by molar-refractivity contribution is -0.137. The van der Waals surface area contributed by atoms with Gasteiger partial charge in [-0.2, -0.15) is 13.2 Å². The highest BCUT2D eigenvalue weighted by atomic mass is 32.2. The van der Waals surface area contributed by atoms with Gasteiger partial charge in [-0.3, -0.25) is 0 Å². The van der Waals surface area contributed by atoms with Gasteiger partial charge < -0.3 is 4.57 Å². The smallest absolute Gasteiger partial charge is 0.319 e. The molecule has 0 bridgehead atoms. The van der Waals surface area contributed by atoms with Crippen molar-refractivity contribution >= 4 is 22.8 Å². The summed E-state index contributed by atoms with van der Waals surface area (Å²) in [7, 11) is 0. The molecule has 0 aliphatic heterocycles. The van der Waals surface area contributed by atoms with Gasteiger partial charge in [0.1, 0.15) is 5.82 Å². The Labute approximate surface area is 184 Å². The lowest BCUT2D eigenvalue weighted by Crippen LogP contribution is -2.05. The van der Waals surface area contributed by atoms with Crippen molar-refractivity contribution in [3.8, 4) is 11.4 Å². The van der Waals surface area contributed by atoms with Crippen LogP contribution >= 0.6 is 11.8 Å². The molecule has 0 spiro atoms. The van der Waals surface area contributed by atoms with Gasteiger partial charge in [-0.1, -0.05) is 48.9 Å². The molecule has 0 fully saturated rings. The molecule has 0 saturated heterocycles. The standard InChI is InChI=1S/C25H23F3N2S/c1-3-14-31-21-12-13-22-23(15-21)30(16-18-6-4-17(2)5-7-18)24(29-22)19-8-10-20(11-9-19)25(26,27)28/h4-13,15H,3,14,16H2,1-2H3. The molecule has 6 heteroatoms. The van der Waals surface area contributed by atoms with Crippen molar-refractivity contribution in [2.75, 3.05) is 5.75 Å². The summed E-state index contributed by atoms with van der Waals surface area (Å²) < 4.78 is 41.1. The van der Waals surface area contributed by atoms with Gasteiger partial charge in [0.2, 0.25) is 0 Å². The van der Waals surface area contributed by atoms with E-state index in [-0.39, 0.29) is 0 Å². The van der Waals surface area contributed by atoms with Crippen LogP contribution in [0.15, 0.2) is 71.6 Å². The predicted octanol–water partition coefficient (Wildman–Crippen LogP) is 7.58. The summed E-state index contributed by atoms with van der Waals surface area (Å²) in [6, 6.07) is 19.7. The molecule has 0 amide bonds. The Morgan fingerprint density at radius 2 is 1.65 bits per heavy atom. The number of thioether (sulfide) groups is 1. The minimum absolute atomic E-state index is 0.592. The summed E-state index contributed by atoms with van der Waals surface area (Å²) in [4.78, 5) is 5.95. The van der Waals surface area contributed by atoms with Crippen molar-refractivity contribution in [3.05, 3.63) is 83.4 Å². The van der Waals surface area contributed by atoms with Crippen LogP contribution < -0.4 is 0 Å². The number of imidazole rings is 1. The Balaban J connectivity index is 1.81. The van der Waals surface area contributed by atoms with E-state index in [2.05, 4.69) is 47.9 Å². The number of nitrogens with zero attached hydrogens (tertiary/aromatic N) is 2. The first-order chi connectivity index (χ1) is 14.8. The topological polar surface area (TPSA) is 17.8 Å². The molecule has 0 atom stereocenters. The van der Waals surface area contributed by atoms with Crippen LogP contribution in [0.1, 0.15) is 30.0 Å². The Bertz CT molecular complexity index is 1180. The molecular formula is C25H23F3N2S. The fraction of sp³-hybridized carbons (Fsp3) is 0.240. The van der Waals surface area contributed by atoms with Crippen LogP contribution in [0, 0.1) is 6.92 Å². The Morgan fingerprint density at radius 1 is 0.935 bits per heavy atom. The number of alkyl halides is 3. The number of hydrogen-bond donors (Lipinski definition) is 0. The molecule has 160 valence electrons. The first-order valence-electron chi connectivity index (χ1n) is 10.2. The fourth-order valence-corrected chi connectivity index (χ4v) is 4.28. The van der Waals surface area contributed by atoms with Gasteiger partial charge in [-0.25, -0.2) is 4.98 Å². The highest BCUT2D eigenvalue weighted by Gasteiger charge is 2.30. The maximum Gasteiger partial charge on any atom is 0.416 e. The van der Waals surface area contributed by atoms with Crippen molar-refractivity contribution in [1.82, 2.24) is 9.55 Å². The summed E-state index contributed by atoms with van der Waals surface area (Å²) in [5.41, 5.74) is 4.12. The zero-order chi connectivity index (χ0) is 22.0. The molecule has 0 aliphatic rings. The zero-order valence-corrected chi connectivity index (χ0v) is 18.2. The number of halogens is 3. The monoisotopic (exact) mass is 440 g/mol. The fourth-order valence-electron chi connectivity index (χ4n) is 3.48. The molecule has 0 aliphatic carbocycles. The molecule has 0 saturated carbocycles. The van der Waals surface area contributed by atoms with Crippen LogP contribution in [0.25, 0.3) is 22.4 Å². The number of aryl methyl sites for hydroxylation is 1. The van der Waals surface area contributed by atoms with Crippen molar-refractivity contribution < 1.29 is 13.2 Å². The lowest BCUT2D eigenvalue weighted by atomic mass is 10.1. The van der Waals surface area contributed by atoms with Crippen LogP contribution in [0.2, 0.25) is 0 Å². The molecule has 4 rings (SSSR count). The largest absolute Gasteiger partial charge is 0.416 e. The molecule has 0 radical (unpaired) electrons. The Kier molecular flexibility index (Phi) is 6.10. The zero-order valence-electron chi connectivity index (χ0n) is 17.4. The normalized spacial score (nSPS) is 11.9. The van der Waals surface area contributed by atoms with Crippen molar-refractivity contribution in [1.29, 1.82) is 0 Å². The molecule has 1 heterocycles. The maximum atomic E-state index is 13.0. The summed E-state index contributed by atoms with van der Waals surface area (Å²) in [6.45, 7) is 4.78. The van der Waals surface area contributed by atoms with Gasteiger partial charge in [-0.15, -0.1) is 11.8 Å². The van der Waals surface area contributed by atoms with Crippen LogP contribution in [0.4, 0.5) is 13.2 Å². The number of hydrogen-bond acceptors (Lipinski definition) is 2. The minimum Gasteiger partial charge on any atom is -0.319 e. The van der Waals surface area contributed by atoms with E-state index in [9.17, 15) is 13.2 Å².